The highest BCUT2D eigenvalue weighted by Crippen LogP contribution is 2.22. The molecule has 0 aromatic rings. The quantitative estimate of drug-likeness (QED) is 0.655. The zero-order valence-electron chi connectivity index (χ0n) is 10.5. The smallest absolute Gasteiger partial charge is 0.0155 e. The Morgan fingerprint density at radius 1 is 1.29 bits per heavy atom. The van der Waals surface area contributed by atoms with Crippen LogP contribution in [0.3, 0.4) is 0 Å². The zero-order valence-corrected chi connectivity index (χ0v) is 11.3. The largest absolute Gasteiger partial charge is 0.316 e. The Labute approximate surface area is 94.4 Å². The maximum Gasteiger partial charge on any atom is 0.0155 e. The van der Waals surface area contributed by atoms with Crippen LogP contribution in [0.1, 0.15) is 47.0 Å². The first-order chi connectivity index (χ1) is 6.49. The monoisotopic (exact) mass is 217 g/mol. The van der Waals surface area contributed by atoms with Gasteiger partial charge >= 0.3 is 0 Å². The van der Waals surface area contributed by atoms with E-state index in [0.29, 0.717) is 11.5 Å². The molecule has 0 saturated carbocycles. The molecule has 0 radical (unpaired) electrons. The van der Waals surface area contributed by atoms with Gasteiger partial charge in [0.25, 0.3) is 0 Å². The molecule has 0 aromatic heterocycles. The minimum absolute atomic E-state index is 0.477. The predicted octanol–water partition coefficient (Wildman–Crippen LogP) is 3.54. The Morgan fingerprint density at radius 2 is 1.93 bits per heavy atom. The van der Waals surface area contributed by atoms with Gasteiger partial charge in [-0.1, -0.05) is 27.7 Å². The standard InChI is InChI=1S/C12H27NS/c1-6-9-14-10-11(13-5)7-8-12(2,3)4/h11,13H,6-10H2,1-5H3. The number of nitrogens with one attached hydrogen (secondary N) is 1. The molecular formula is C12H27NS. The lowest BCUT2D eigenvalue weighted by Gasteiger charge is -2.22. The predicted molar refractivity (Wildman–Crippen MR) is 69.2 cm³/mol. The topological polar surface area (TPSA) is 12.0 Å². The highest BCUT2D eigenvalue weighted by Gasteiger charge is 2.13. The molecule has 0 amide bonds. The van der Waals surface area contributed by atoms with Crippen LogP contribution in [0.25, 0.3) is 0 Å². The first-order valence-electron chi connectivity index (χ1n) is 5.74. The summed E-state index contributed by atoms with van der Waals surface area (Å²) < 4.78 is 0. The van der Waals surface area contributed by atoms with Gasteiger partial charge in [0.05, 0.1) is 0 Å². The van der Waals surface area contributed by atoms with Crippen molar-refractivity contribution < 1.29 is 0 Å². The van der Waals surface area contributed by atoms with Crippen molar-refractivity contribution in [3.63, 3.8) is 0 Å². The van der Waals surface area contributed by atoms with E-state index in [1.54, 1.807) is 0 Å². The van der Waals surface area contributed by atoms with E-state index >= 15 is 0 Å². The van der Waals surface area contributed by atoms with Gasteiger partial charge in [-0.05, 0) is 37.5 Å². The fourth-order valence-electron chi connectivity index (χ4n) is 1.29. The van der Waals surface area contributed by atoms with Crippen molar-refractivity contribution in [3.8, 4) is 0 Å². The Balaban J connectivity index is 3.58. The van der Waals surface area contributed by atoms with E-state index in [1.807, 2.05) is 0 Å². The van der Waals surface area contributed by atoms with Gasteiger partial charge in [-0.15, -0.1) is 0 Å². The Morgan fingerprint density at radius 3 is 2.36 bits per heavy atom. The van der Waals surface area contributed by atoms with Crippen LogP contribution in [0.15, 0.2) is 0 Å². The maximum atomic E-state index is 3.41. The van der Waals surface area contributed by atoms with Crippen molar-refractivity contribution >= 4 is 11.8 Å². The molecule has 1 N–H and O–H groups in total. The van der Waals surface area contributed by atoms with E-state index in [0.717, 1.165) is 0 Å². The molecule has 0 spiro atoms. The van der Waals surface area contributed by atoms with Gasteiger partial charge in [-0.25, -0.2) is 0 Å². The summed E-state index contributed by atoms with van der Waals surface area (Å²) in [4.78, 5) is 0. The molecule has 1 atom stereocenters. The number of hydrogen-bond acceptors (Lipinski definition) is 2. The molecule has 0 aromatic carbocycles. The van der Waals surface area contributed by atoms with Crippen molar-refractivity contribution in [2.75, 3.05) is 18.6 Å². The molecule has 0 heterocycles. The fraction of sp³-hybridized carbons (Fsp3) is 1.00. The lowest BCUT2D eigenvalue weighted by Crippen LogP contribution is -2.29. The third kappa shape index (κ3) is 8.89. The summed E-state index contributed by atoms with van der Waals surface area (Å²) in [6.07, 6.45) is 3.91. The number of thioether (sulfide) groups is 1. The van der Waals surface area contributed by atoms with E-state index in [4.69, 9.17) is 0 Å². The lowest BCUT2D eigenvalue weighted by molar-refractivity contribution is 0.343. The Hall–Kier alpha value is 0.310. The molecule has 1 nitrogen and oxygen atoms in total. The molecule has 0 fully saturated rings. The molecule has 86 valence electrons. The van der Waals surface area contributed by atoms with Gasteiger partial charge in [0, 0.05) is 11.8 Å². The van der Waals surface area contributed by atoms with Crippen LogP contribution < -0.4 is 5.32 Å². The van der Waals surface area contributed by atoms with E-state index in [9.17, 15) is 0 Å². The Bertz CT molecular complexity index is 129. The normalized spacial score (nSPS) is 14.4. The summed E-state index contributed by atoms with van der Waals surface area (Å²) in [6, 6.07) is 0.700. The van der Waals surface area contributed by atoms with Crippen molar-refractivity contribution in [1.29, 1.82) is 0 Å². The minimum atomic E-state index is 0.477. The van der Waals surface area contributed by atoms with Crippen LogP contribution in [0, 0.1) is 5.41 Å². The van der Waals surface area contributed by atoms with E-state index in [2.05, 4.69) is 51.8 Å². The minimum Gasteiger partial charge on any atom is -0.316 e. The fourth-order valence-corrected chi connectivity index (χ4v) is 2.36. The first-order valence-corrected chi connectivity index (χ1v) is 6.90. The summed E-state index contributed by atoms with van der Waals surface area (Å²) in [7, 11) is 2.08. The van der Waals surface area contributed by atoms with Gasteiger partial charge in [0.2, 0.25) is 0 Å². The summed E-state index contributed by atoms with van der Waals surface area (Å²) in [5.41, 5.74) is 0.477. The van der Waals surface area contributed by atoms with E-state index in [-0.39, 0.29) is 0 Å². The number of rotatable bonds is 7. The molecular weight excluding hydrogens is 190 g/mol. The molecule has 0 saturated heterocycles. The molecule has 0 bridgehead atoms. The summed E-state index contributed by atoms with van der Waals surface area (Å²) in [6.45, 7) is 9.20. The zero-order chi connectivity index (χ0) is 11.0. The van der Waals surface area contributed by atoms with Gasteiger partial charge in [0.1, 0.15) is 0 Å². The van der Waals surface area contributed by atoms with Gasteiger partial charge in [-0.2, -0.15) is 11.8 Å². The highest BCUT2D eigenvalue weighted by atomic mass is 32.2. The Kier molecular flexibility index (Phi) is 7.75. The van der Waals surface area contributed by atoms with Gasteiger partial charge in [-0.3, -0.25) is 0 Å². The van der Waals surface area contributed by atoms with Gasteiger partial charge < -0.3 is 5.32 Å². The molecule has 1 unspecified atom stereocenters. The van der Waals surface area contributed by atoms with Crippen LogP contribution >= 0.6 is 11.8 Å². The van der Waals surface area contributed by atoms with Crippen LogP contribution in [0.4, 0.5) is 0 Å². The van der Waals surface area contributed by atoms with E-state index < -0.39 is 0 Å². The molecule has 14 heavy (non-hydrogen) atoms. The third-order valence-electron chi connectivity index (χ3n) is 2.32. The number of hydrogen-bond donors (Lipinski definition) is 1. The second kappa shape index (κ2) is 7.58. The second-order valence-electron chi connectivity index (χ2n) is 5.16. The van der Waals surface area contributed by atoms with Crippen LogP contribution in [-0.4, -0.2) is 24.6 Å². The molecule has 0 aliphatic heterocycles. The summed E-state index contributed by atoms with van der Waals surface area (Å²) >= 11 is 2.07. The van der Waals surface area contributed by atoms with Crippen molar-refractivity contribution in [2.45, 2.75) is 53.0 Å². The average molecular weight is 217 g/mol. The summed E-state index contributed by atoms with van der Waals surface area (Å²) in [5, 5.41) is 3.41. The van der Waals surface area contributed by atoms with Crippen molar-refractivity contribution in [2.24, 2.45) is 5.41 Å². The molecule has 0 rings (SSSR count). The van der Waals surface area contributed by atoms with Crippen molar-refractivity contribution in [3.05, 3.63) is 0 Å². The van der Waals surface area contributed by atoms with Crippen molar-refractivity contribution in [1.82, 2.24) is 5.32 Å². The third-order valence-corrected chi connectivity index (χ3v) is 3.65. The van der Waals surface area contributed by atoms with Gasteiger partial charge in [0.15, 0.2) is 0 Å². The SMILES string of the molecule is CCCSCC(CCC(C)(C)C)NC. The molecule has 2 heteroatoms. The average Bonchev–Trinajstić information content (AvgIpc) is 2.09. The first kappa shape index (κ1) is 14.3. The molecule has 0 aliphatic rings. The van der Waals surface area contributed by atoms with E-state index in [1.165, 1.54) is 30.8 Å². The summed E-state index contributed by atoms with van der Waals surface area (Å²) in [5.74, 6) is 2.56. The van der Waals surface area contributed by atoms with Crippen LogP contribution in [0.5, 0.6) is 0 Å². The second-order valence-corrected chi connectivity index (χ2v) is 6.31. The molecule has 0 aliphatic carbocycles. The van der Waals surface area contributed by atoms with Crippen LogP contribution in [-0.2, 0) is 0 Å². The maximum absolute atomic E-state index is 3.41. The highest BCUT2D eigenvalue weighted by molar-refractivity contribution is 7.99. The lowest BCUT2D eigenvalue weighted by atomic mass is 9.89. The van der Waals surface area contributed by atoms with Crippen LogP contribution in [0.2, 0.25) is 0 Å².